The van der Waals surface area contributed by atoms with Gasteiger partial charge in [0.1, 0.15) is 0 Å². The first kappa shape index (κ1) is 27.1. The van der Waals surface area contributed by atoms with Crippen LogP contribution in [0.15, 0.2) is 110 Å². The normalized spacial score (nSPS) is 16.1. The van der Waals surface area contributed by atoms with Crippen LogP contribution in [-0.2, 0) is 9.31 Å². The van der Waals surface area contributed by atoms with Crippen molar-refractivity contribution in [3.8, 4) is 27.9 Å². The highest BCUT2D eigenvalue weighted by Crippen LogP contribution is 2.38. The van der Waals surface area contributed by atoms with E-state index in [2.05, 4.69) is 149 Å². The molecule has 204 valence electrons. The Morgan fingerprint density at radius 1 is 0.707 bits per heavy atom. The van der Waals surface area contributed by atoms with Crippen molar-refractivity contribution in [1.82, 2.24) is 4.57 Å². The Morgan fingerprint density at radius 3 is 1.98 bits per heavy atom. The van der Waals surface area contributed by atoms with Crippen molar-refractivity contribution in [3.05, 3.63) is 121 Å². The Bertz CT molecular complexity index is 1740. The van der Waals surface area contributed by atoms with Crippen molar-refractivity contribution in [2.45, 2.75) is 45.8 Å². The molecule has 0 amide bonds. The summed E-state index contributed by atoms with van der Waals surface area (Å²) in [7, 11) is -0.395. The SMILES string of the molecule is C=Cc1c(/C=C\C)n(-c2ccc(-c3ccccc3)cc2)c2ccc(-c3cccc(B4OC(C)(C)C(C)(C)O4)c3)cc12. The minimum atomic E-state index is -0.395. The summed E-state index contributed by atoms with van der Waals surface area (Å²) < 4.78 is 15.0. The molecular formula is C37H36BNO2. The summed E-state index contributed by atoms with van der Waals surface area (Å²) in [6, 6.07) is 34.5. The van der Waals surface area contributed by atoms with Gasteiger partial charge in [0.15, 0.2) is 0 Å². The summed E-state index contributed by atoms with van der Waals surface area (Å²) in [6.07, 6.45) is 6.22. The highest BCUT2D eigenvalue weighted by molar-refractivity contribution is 6.62. The van der Waals surface area contributed by atoms with Gasteiger partial charge in [-0.25, -0.2) is 0 Å². The summed E-state index contributed by atoms with van der Waals surface area (Å²) >= 11 is 0. The van der Waals surface area contributed by atoms with Gasteiger partial charge in [-0.2, -0.15) is 0 Å². The number of allylic oxidation sites excluding steroid dienone is 1. The number of benzene rings is 4. The van der Waals surface area contributed by atoms with Crippen LogP contribution in [0.5, 0.6) is 0 Å². The van der Waals surface area contributed by atoms with E-state index < -0.39 is 7.12 Å². The van der Waals surface area contributed by atoms with E-state index in [1.165, 1.54) is 16.5 Å². The molecule has 4 aromatic carbocycles. The molecule has 0 N–H and O–H groups in total. The van der Waals surface area contributed by atoms with Crippen LogP contribution in [0.2, 0.25) is 0 Å². The molecule has 3 nitrogen and oxygen atoms in total. The lowest BCUT2D eigenvalue weighted by Crippen LogP contribution is -2.41. The standard InChI is InChI=1S/C37H36BNO2/c1-7-13-34-32(8-2)33-25-29(28-16-12-17-30(24-28)38-40-36(3,4)37(5,6)41-38)20-23-35(33)39(34)31-21-18-27(19-22-31)26-14-10-9-11-15-26/h7-25H,2H2,1,3-6H3/b13-7-. The Labute approximate surface area is 243 Å². The molecule has 5 aromatic rings. The third-order valence-electron chi connectivity index (χ3n) is 8.55. The average molecular weight is 538 g/mol. The van der Waals surface area contributed by atoms with Crippen LogP contribution in [0, 0.1) is 0 Å². The molecule has 0 unspecified atom stereocenters. The topological polar surface area (TPSA) is 23.4 Å². The van der Waals surface area contributed by atoms with Crippen molar-refractivity contribution in [1.29, 1.82) is 0 Å². The summed E-state index contributed by atoms with van der Waals surface area (Å²) in [5, 5.41) is 1.17. The second kappa shape index (κ2) is 10.4. The minimum Gasteiger partial charge on any atom is -0.399 e. The molecule has 1 aliphatic heterocycles. The van der Waals surface area contributed by atoms with Gasteiger partial charge >= 0.3 is 7.12 Å². The molecule has 0 aliphatic carbocycles. The molecule has 6 rings (SSSR count). The number of hydrogen-bond acceptors (Lipinski definition) is 2. The zero-order valence-electron chi connectivity index (χ0n) is 24.5. The van der Waals surface area contributed by atoms with E-state index in [1.807, 2.05) is 12.1 Å². The zero-order valence-corrected chi connectivity index (χ0v) is 24.5. The van der Waals surface area contributed by atoms with Crippen molar-refractivity contribution < 1.29 is 9.31 Å². The lowest BCUT2D eigenvalue weighted by molar-refractivity contribution is 0.00578. The quantitative estimate of drug-likeness (QED) is 0.202. The van der Waals surface area contributed by atoms with Crippen molar-refractivity contribution >= 4 is 35.6 Å². The summed E-state index contributed by atoms with van der Waals surface area (Å²) in [5.41, 5.74) is 9.45. The first-order chi connectivity index (χ1) is 19.7. The van der Waals surface area contributed by atoms with E-state index in [4.69, 9.17) is 9.31 Å². The number of fused-ring (bicyclic) bond motifs is 1. The van der Waals surface area contributed by atoms with Crippen LogP contribution in [0.4, 0.5) is 0 Å². The molecule has 0 spiro atoms. The van der Waals surface area contributed by atoms with Crippen molar-refractivity contribution in [2.75, 3.05) is 0 Å². The molecule has 0 bridgehead atoms. The number of hydrogen-bond donors (Lipinski definition) is 0. The average Bonchev–Trinajstić information content (AvgIpc) is 3.41. The molecule has 0 radical (unpaired) electrons. The van der Waals surface area contributed by atoms with Gasteiger partial charge in [-0.05, 0) is 92.7 Å². The number of aromatic nitrogens is 1. The maximum atomic E-state index is 6.33. The van der Waals surface area contributed by atoms with Gasteiger partial charge in [-0.1, -0.05) is 91.5 Å². The second-order valence-electron chi connectivity index (χ2n) is 11.7. The highest BCUT2D eigenvalue weighted by atomic mass is 16.7. The Morgan fingerprint density at radius 2 is 1.32 bits per heavy atom. The first-order valence-corrected chi connectivity index (χ1v) is 14.3. The molecule has 4 heteroatoms. The fourth-order valence-corrected chi connectivity index (χ4v) is 5.61. The monoisotopic (exact) mass is 537 g/mol. The Hall–Kier alpha value is -4.12. The zero-order chi connectivity index (χ0) is 28.8. The molecule has 0 atom stereocenters. The molecule has 1 aromatic heterocycles. The predicted octanol–water partition coefficient (Wildman–Crippen LogP) is 8.94. The van der Waals surface area contributed by atoms with Gasteiger partial charge in [0.2, 0.25) is 0 Å². The van der Waals surface area contributed by atoms with Gasteiger partial charge in [-0.15, -0.1) is 0 Å². The van der Waals surface area contributed by atoms with E-state index in [-0.39, 0.29) is 11.2 Å². The third kappa shape index (κ3) is 4.78. The van der Waals surface area contributed by atoms with Gasteiger partial charge in [-0.3, -0.25) is 0 Å². The van der Waals surface area contributed by atoms with E-state index in [0.29, 0.717) is 0 Å². The lowest BCUT2D eigenvalue weighted by atomic mass is 9.78. The molecule has 1 saturated heterocycles. The van der Waals surface area contributed by atoms with E-state index in [1.54, 1.807) is 0 Å². The van der Waals surface area contributed by atoms with Crippen LogP contribution in [0.1, 0.15) is 45.9 Å². The minimum absolute atomic E-state index is 0.378. The maximum Gasteiger partial charge on any atom is 0.494 e. The summed E-state index contributed by atoms with van der Waals surface area (Å²) in [5.74, 6) is 0. The molecule has 1 aliphatic rings. The van der Waals surface area contributed by atoms with Crippen LogP contribution < -0.4 is 5.46 Å². The molecule has 0 saturated carbocycles. The van der Waals surface area contributed by atoms with Gasteiger partial charge in [0, 0.05) is 16.6 Å². The van der Waals surface area contributed by atoms with Crippen molar-refractivity contribution in [3.63, 3.8) is 0 Å². The lowest BCUT2D eigenvalue weighted by Gasteiger charge is -2.32. The van der Waals surface area contributed by atoms with Crippen LogP contribution >= 0.6 is 0 Å². The molecular weight excluding hydrogens is 501 g/mol. The predicted molar refractivity (Wildman–Crippen MR) is 175 cm³/mol. The largest absolute Gasteiger partial charge is 0.494 e. The summed E-state index contributed by atoms with van der Waals surface area (Å²) in [4.78, 5) is 0. The Balaban J connectivity index is 1.43. The van der Waals surface area contributed by atoms with Crippen LogP contribution in [0.3, 0.4) is 0 Å². The van der Waals surface area contributed by atoms with Crippen molar-refractivity contribution in [2.24, 2.45) is 0 Å². The van der Waals surface area contributed by atoms with E-state index >= 15 is 0 Å². The van der Waals surface area contributed by atoms with Gasteiger partial charge < -0.3 is 13.9 Å². The number of nitrogens with zero attached hydrogens (tertiary/aromatic N) is 1. The molecule has 41 heavy (non-hydrogen) atoms. The highest BCUT2D eigenvalue weighted by Gasteiger charge is 2.51. The fourth-order valence-electron chi connectivity index (χ4n) is 5.61. The van der Waals surface area contributed by atoms with Crippen LogP contribution in [0.25, 0.3) is 51.0 Å². The van der Waals surface area contributed by atoms with E-state index in [9.17, 15) is 0 Å². The smallest absolute Gasteiger partial charge is 0.399 e. The number of rotatable bonds is 6. The third-order valence-corrected chi connectivity index (χ3v) is 8.55. The summed E-state index contributed by atoms with van der Waals surface area (Å²) in [6.45, 7) is 14.6. The van der Waals surface area contributed by atoms with Crippen LogP contribution in [-0.4, -0.2) is 22.9 Å². The first-order valence-electron chi connectivity index (χ1n) is 14.3. The van der Waals surface area contributed by atoms with E-state index in [0.717, 1.165) is 39.1 Å². The molecule has 1 fully saturated rings. The molecule has 2 heterocycles. The van der Waals surface area contributed by atoms with Gasteiger partial charge in [0.05, 0.1) is 22.4 Å². The second-order valence-corrected chi connectivity index (χ2v) is 11.7. The Kier molecular flexibility index (Phi) is 6.85. The fraction of sp³-hybridized carbons (Fsp3) is 0.189. The van der Waals surface area contributed by atoms with Gasteiger partial charge in [0.25, 0.3) is 0 Å². The maximum absolute atomic E-state index is 6.33.